The number of aromatic nitrogens is 3. The zero-order valence-corrected chi connectivity index (χ0v) is 22.2. The number of amidine groups is 1. The normalized spacial score (nSPS) is 33.8. The molecule has 2 aromatic rings. The van der Waals surface area contributed by atoms with Crippen molar-refractivity contribution in [1.29, 1.82) is 0 Å². The first kappa shape index (κ1) is 25.1. The van der Waals surface area contributed by atoms with Crippen molar-refractivity contribution in [2.75, 3.05) is 13.1 Å². The van der Waals surface area contributed by atoms with Gasteiger partial charge in [0.2, 0.25) is 10.0 Å². The van der Waals surface area contributed by atoms with Gasteiger partial charge in [-0.15, -0.1) is 11.3 Å². The Hall–Kier alpha value is -2.22. The van der Waals surface area contributed by atoms with Crippen LogP contribution in [0.5, 0.6) is 0 Å². The Morgan fingerprint density at radius 2 is 2.11 bits per heavy atom. The number of hydrogen-bond acceptors (Lipinski definition) is 8. The minimum Gasteiger partial charge on any atom is -0.390 e. The summed E-state index contributed by atoms with van der Waals surface area (Å²) in [5, 5.41) is 17.0. The summed E-state index contributed by atoms with van der Waals surface area (Å²) in [5.74, 6) is 0.883. The van der Waals surface area contributed by atoms with E-state index in [4.69, 9.17) is 4.99 Å². The average Bonchev–Trinajstić information content (AvgIpc) is 3.60. The summed E-state index contributed by atoms with van der Waals surface area (Å²) >= 11 is 1.44. The third-order valence-corrected chi connectivity index (χ3v) is 11.3. The number of halogens is 2. The van der Waals surface area contributed by atoms with E-state index in [1.54, 1.807) is 12.3 Å². The van der Waals surface area contributed by atoms with Crippen molar-refractivity contribution in [2.45, 2.75) is 63.0 Å². The molecule has 4 heterocycles. The summed E-state index contributed by atoms with van der Waals surface area (Å²) in [5.41, 5.74) is 1.13. The van der Waals surface area contributed by atoms with Crippen LogP contribution in [0.1, 0.15) is 56.8 Å². The lowest BCUT2D eigenvalue weighted by Gasteiger charge is -2.40. The Kier molecular flexibility index (Phi) is 6.05. The number of aliphatic hydroxyl groups is 1. The monoisotopic (exact) mass is 552 g/mol. The summed E-state index contributed by atoms with van der Waals surface area (Å²) in [6.07, 6.45) is 5.06. The topological polar surface area (TPSA) is 113 Å². The van der Waals surface area contributed by atoms with Gasteiger partial charge in [0, 0.05) is 48.1 Å². The number of sulfonamides is 1. The van der Waals surface area contributed by atoms with Gasteiger partial charge < -0.3 is 10.0 Å². The average molecular weight is 553 g/mol. The molecule has 9 nitrogen and oxygen atoms in total. The maximum atomic E-state index is 13.6. The molecule has 200 valence electrons. The molecule has 2 bridgehead atoms. The lowest BCUT2D eigenvalue weighted by atomic mass is 9.74. The highest BCUT2D eigenvalue weighted by Crippen LogP contribution is 2.53. The van der Waals surface area contributed by atoms with Gasteiger partial charge in [-0.3, -0.25) is 4.99 Å². The number of rotatable bonds is 6. The zero-order chi connectivity index (χ0) is 26.1. The number of fused-ring (bicyclic) bond motifs is 3. The number of aliphatic imine (C=N–C) groups is 1. The third-order valence-electron chi connectivity index (χ3n) is 8.66. The molecule has 0 radical (unpaired) electrons. The van der Waals surface area contributed by atoms with Crippen molar-refractivity contribution in [2.24, 2.45) is 22.7 Å². The number of nitrogens with one attached hydrogen (secondary N) is 1. The summed E-state index contributed by atoms with van der Waals surface area (Å²) < 4.78 is 57.0. The quantitative estimate of drug-likeness (QED) is 0.570. The summed E-state index contributed by atoms with van der Waals surface area (Å²) in [6.45, 7) is 1.81. The van der Waals surface area contributed by atoms with Crippen molar-refractivity contribution in [3.8, 4) is 0 Å². The van der Waals surface area contributed by atoms with Crippen LogP contribution in [0.2, 0.25) is 0 Å². The molecule has 2 N–H and O–H groups in total. The Morgan fingerprint density at radius 1 is 1.30 bits per heavy atom. The van der Waals surface area contributed by atoms with Gasteiger partial charge in [0.25, 0.3) is 0 Å². The summed E-state index contributed by atoms with van der Waals surface area (Å²) in [7, 11) is -3.65. The van der Waals surface area contributed by atoms with E-state index in [1.807, 2.05) is 17.2 Å². The highest BCUT2D eigenvalue weighted by atomic mass is 32.2. The van der Waals surface area contributed by atoms with Crippen LogP contribution in [0.15, 0.2) is 34.5 Å². The van der Waals surface area contributed by atoms with Crippen LogP contribution in [0, 0.1) is 17.8 Å². The Bertz CT molecular complexity index is 1350. The zero-order valence-electron chi connectivity index (χ0n) is 20.6. The van der Waals surface area contributed by atoms with Crippen LogP contribution in [-0.2, 0) is 10.0 Å². The van der Waals surface area contributed by atoms with Gasteiger partial charge in [-0.25, -0.2) is 22.8 Å². The molecule has 1 saturated heterocycles. The second-order valence-electron chi connectivity index (χ2n) is 10.9. The molecular weight excluding hydrogens is 522 g/mol. The van der Waals surface area contributed by atoms with E-state index >= 15 is 0 Å². The lowest BCUT2D eigenvalue weighted by molar-refractivity contribution is -0.0467. The number of thiazole rings is 1. The fraction of sp³-hybridized carbons (Fsp3) is 0.625. The molecule has 3 fully saturated rings. The van der Waals surface area contributed by atoms with Crippen LogP contribution in [0.4, 0.5) is 8.78 Å². The first-order chi connectivity index (χ1) is 17.5. The molecule has 2 aromatic heterocycles. The van der Waals surface area contributed by atoms with Gasteiger partial charge >= 0.3 is 6.55 Å². The SMILES string of the molecule is CC1CC2C[C@@H](S(=O)(=O)N[C@H]3CC4=C(c5ccn(C(F)F)n5)CN=C(c5nccs5)N4C3)C[C@H]1C2(C)O. The van der Waals surface area contributed by atoms with Gasteiger partial charge in [0.05, 0.1) is 23.1 Å². The van der Waals surface area contributed by atoms with Gasteiger partial charge in [0.15, 0.2) is 10.8 Å². The van der Waals surface area contributed by atoms with Gasteiger partial charge in [-0.1, -0.05) is 6.92 Å². The Labute approximate surface area is 218 Å². The van der Waals surface area contributed by atoms with Gasteiger partial charge in [0.1, 0.15) is 0 Å². The second kappa shape index (κ2) is 8.92. The molecule has 2 aliphatic carbocycles. The Morgan fingerprint density at radius 3 is 2.78 bits per heavy atom. The minimum absolute atomic E-state index is 0.0272. The molecule has 4 aliphatic rings. The molecule has 6 atom stereocenters. The first-order valence-corrected chi connectivity index (χ1v) is 15.0. The molecule has 2 aliphatic heterocycles. The fourth-order valence-corrected chi connectivity index (χ4v) is 9.23. The van der Waals surface area contributed by atoms with Crippen LogP contribution < -0.4 is 4.72 Å². The third kappa shape index (κ3) is 4.23. The van der Waals surface area contributed by atoms with Crippen LogP contribution in [0.3, 0.4) is 0 Å². The van der Waals surface area contributed by atoms with E-state index in [9.17, 15) is 22.3 Å². The summed E-state index contributed by atoms with van der Waals surface area (Å²) in [4.78, 5) is 11.0. The van der Waals surface area contributed by atoms with Gasteiger partial charge in [-0.05, 0) is 50.0 Å². The number of nitrogens with zero attached hydrogens (tertiary/aromatic N) is 5. The molecule has 2 saturated carbocycles. The smallest absolute Gasteiger partial charge is 0.333 e. The standard InChI is InChI=1S/C24H30F2N6O3S2/c1-13-7-14-8-16(10-18(13)24(14,2)33)37(34,35)30-15-9-20-17(19-3-5-32(29-19)23(25)26)11-28-21(31(20)12-15)22-27-4-6-36-22/h3-6,13-16,18,23,30,33H,7-12H2,1-2H3/t13?,14?,15-,16+,18+,24?/m0/s1. The number of alkyl halides is 2. The molecule has 0 aromatic carbocycles. The minimum atomic E-state index is -3.65. The van der Waals surface area contributed by atoms with Crippen molar-refractivity contribution in [3.05, 3.63) is 40.2 Å². The van der Waals surface area contributed by atoms with Crippen LogP contribution >= 0.6 is 11.3 Å². The number of hydrogen-bond donors (Lipinski definition) is 2. The molecule has 13 heteroatoms. The fourth-order valence-electron chi connectivity index (χ4n) is 6.82. The van der Waals surface area contributed by atoms with Gasteiger partial charge in [-0.2, -0.15) is 13.9 Å². The van der Waals surface area contributed by atoms with E-state index in [0.717, 1.165) is 17.1 Å². The van der Waals surface area contributed by atoms with Crippen LogP contribution in [0.25, 0.3) is 5.57 Å². The highest BCUT2D eigenvalue weighted by molar-refractivity contribution is 7.90. The second-order valence-corrected chi connectivity index (χ2v) is 13.8. The molecule has 6 rings (SSSR count). The lowest BCUT2D eigenvalue weighted by Crippen LogP contribution is -2.50. The highest BCUT2D eigenvalue weighted by Gasteiger charge is 2.56. The largest absolute Gasteiger partial charge is 0.390 e. The van der Waals surface area contributed by atoms with Crippen molar-refractivity contribution < 1.29 is 22.3 Å². The van der Waals surface area contributed by atoms with Crippen LogP contribution in [-0.4, -0.2) is 69.0 Å². The van der Waals surface area contributed by atoms with E-state index < -0.39 is 33.5 Å². The van der Waals surface area contributed by atoms with E-state index in [-0.39, 0.29) is 18.4 Å². The van der Waals surface area contributed by atoms with Crippen molar-refractivity contribution in [3.63, 3.8) is 0 Å². The maximum absolute atomic E-state index is 13.6. The van der Waals surface area contributed by atoms with E-state index in [2.05, 4.69) is 21.7 Å². The maximum Gasteiger partial charge on any atom is 0.333 e. The molecule has 0 amide bonds. The Balaban J connectivity index is 1.27. The van der Waals surface area contributed by atoms with E-state index in [0.29, 0.717) is 53.5 Å². The molecule has 3 unspecified atom stereocenters. The predicted molar refractivity (Wildman–Crippen MR) is 135 cm³/mol. The van der Waals surface area contributed by atoms with Crippen molar-refractivity contribution >= 4 is 32.8 Å². The molecule has 37 heavy (non-hydrogen) atoms. The van der Waals surface area contributed by atoms with Crippen molar-refractivity contribution in [1.82, 2.24) is 24.4 Å². The molecule has 0 spiro atoms. The molecular formula is C24H30F2N6O3S2. The predicted octanol–water partition coefficient (Wildman–Crippen LogP) is 3.09. The summed E-state index contributed by atoms with van der Waals surface area (Å²) in [6, 6.07) is 1.13. The van der Waals surface area contributed by atoms with E-state index in [1.165, 1.54) is 17.5 Å². The first-order valence-electron chi connectivity index (χ1n) is 12.6.